The van der Waals surface area contributed by atoms with Crippen molar-refractivity contribution < 1.29 is 13.9 Å². The van der Waals surface area contributed by atoms with Gasteiger partial charge in [-0.1, -0.05) is 24.3 Å². The van der Waals surface area contributed by atoms with Gasteiger partial charge in [-0.05, 0) is 36.2 Å². The number of hydrogen-bond donors (Lipinski definition) is 1. The molecular formula is C18H19FN2O2. The van der Waals surface area contributed by atoms with E-state index in [1.54, 1.807) is 17.0 Å². The summed E-state index contributed by atoms with van der Waals surface area (Å²) in [5.41, 5.74) is 7.64. The van der Waals surface area contributed by atoms with Crippen LogP contribution in [0.3, 0.4) is 0 Å². The molecule has 2 N–H and O–H groups in total. The molecule has 0 radical (unpaired) electrons. The van der Waals surface area contributed by atoms with E-state index in [0.717, 1.165) is 17.7 Å². The van der Waals surface area contributed by atoms with E-state index in [2.05, 4.69) is 0 Å². The number of nitrogens with zero attached hydrogens (tertiary/aromatic N) is 1. The van der Waals surface area contributed by atoms with Gasteiger partial charge in [0.1, 0.15) is 11.6 Å². The zero-order valence-electron chi connectivity index (χ0n) is 12.7. The van der Waals surface area contributed by atoms with Crippen LogP contribution < -0.4 is 15.4 Å². The fraction of sp³-hybridized carbons (Fsp3) is 0.278. The Bertz CT molecular complexity index is 688. The largest absolute Gasteiger partial charge is 0.491 e. The second-order valence-corrected chi connectivity index (χ2v) is 5.58. The van der Waals surface area contributed by atoms with E-state index >= 15 is 0 Å². The molecule has 0 aromatic heterocycles. The summed E-state index contributed by atoms with van der Waals surface area (Å²) in [4.78, 5) is 14.4. The van der Waals surface area contributed by atoms with Gasteiger partial charge >= 0.3 is 0 Å². The highest BCUT2D eigenvalue weighted by Gasteiger charge is 2.23. The van der Waals surface area contributed by atoms with Gasteiger partial charge in [0.05, 0.1) is 12.3 Å². The number of carbonyl (C=O) groups is 1. The Kier molecular flexibility index (Phi) is 4.57. The molecule has 1 aliphatic rings. The molecule has 1 heterocycles. The van der Waals surface area contributed by atoms with Gasteiger partial charge in [0.15, 0.2) is 0 Å². The van der Waals surface area contributed by atoms with Crippen molar-refractivity contribution in [2.45, 2.75) is 18.9 Å². The SMILES string of the molecule is N[C@@H](CC(=O)N1CCCOc2ccccc21)c1ccc(F)cc1. The number of para-hydroxylation sites is 2. The molecule has 1 aliphatic heterocycles. The summed E-state index contributed by atoms with van der Waals surface area (Å²) in [6.45, 7) is 1.19. The Labute approximate surface area is 134 Å². The first-order chi connectivity index (χ1) is 11.1. The van der Waals surface area contributed by atoms with E-state index in [-0.39, 0.29) is 18.1 Å². The number of halogens is 1. The summed E-state index contributed by atoms with van der Waals surface area (Å²) in [7, 11) is 0. The minimum Gasteiger partial charge on any atom is -0.491 e. The number of amides is 1. The van der Waals surface area contributed by atoms with Crippen LogP contribution >= 0.6 is 0 Å². The van der Waals surface area contributed by atoms with Crippen LogP contribution in [0.4, 0.5) is 10.1 Å². The molecule has 1 amide bonds. The molecule has 4 nitrogen and oxygen atoms in total. The van der Waals surface area contributed by atoms with Gasteiger partial charge in [-0.3, -0.25) is 4.79 Å². The monoisotopic (exact) mass is 314 g/mol. The molecular weight excluding hydrogens is 295 g/mol. The lowest BCUT2D eigenvalue weighted by Crippen LogP contribution is -2.33. The summed E-state index contributed by atoms with van der Waals surface area (Å²) < 4.78 is 18.6. The zero-order valence-corrected chi connectivity index (χ0v) is 12.7. The van der Waals surface area contributed by atoms with Crippen LogP contribution in [-0.2, 0) is 4.79 Å². The van der Waals surface area contributed by atoms with Gasteiger partial charge in [-0.15, -0.1) is 0 Å². The van der Waals surface area contributed by atoms with Gasteiger partial charge in [0, 0.05) is 19.0 Å². The molecule has 3 rings (SSSR count). The standard InChI is InChI=1S/C18H19FN2O2/c19-14-8-6-13(7-9-14)15(20)12-18(22)21-10-3-11-23-17-5-2-1-4-16(17)21/h1-2,4-9,15H,3,10-12,20H2/t15-/m0/s1. The molecule has 0 saturated carbocycles. The van der Waals surface area contributed by atoms with Crippen molar-refractivity contribution in [3.63, 3.8) is 0 Å². The van der Waals surface area contributed by atoms with Gasteiger partial charge in [-0.25, -0.2) is 4.39 Å². The molecule has 2 aromatic carbocycles. The minimum atomic E-state index is -0.459. The van der Waals surface area contributed by atoms with Crippen molar-refractivity contribution in [3.8, 4) is 5.75 Å². The summed E-state index contributed by atoms with van der Waals surface area (Å²) in [6, 6.07) is 13.0. The van der Waals surface area contributed by atoms with Gasteiger partial charge in [-0.2, -0.15) is 0 Å². The summed E-state index contributed by atoms with van der Waals surface area (Å²) in [5.74, 6) is 0.347. The Morgan fingerprint density at radius 1 is 1.22 bits per heavy atom. The van der Waals surface area contributed by atoms with Crippen LogP contribution in [0.2, 0.25) is 0 Å². The molecule has 0 fully saturated rings. The third-order valence-corrected chi connectivity index (χ3v) is 3.93. The number of benzene rings is 2. The normalized spacial score (nSPS) is 15.3. The average Bonchev–Trinajstić information content (AvgIpc) is 2.77. The lowest BCUT2D eigenvalue weighted by atomic mass is 10.0. The van der Waals surface area contributed by atoms with Crippen molar-refractivity contribution in [1.82, 2.24) is 0 Å². The quantitative estimate of drug-likeness (QED) is 0.947. The van der Waals surface area contributed by atoms with Crippen LogP contribution in [-0.4, -0.2) is 19.1 Å². The molecule has 0 unspecified atom stereocenters. The molecule has 1 atom stereocenters. The fourth-order valence-corrected chi connectivity index (χ4v) is 2.71. The first-order valence-corrected chi connectivity index (χ1v) is 7.68. The molecule has 120 valence electrons. The molecule has 23 heavy (non-hydrogen) atoms. The van der Waals surface area contributed by atoms with Crippen LogP contribution in [0.15, 0.2) is 48.5 Å². The molecule has 0 spiro atoms. The minimum absolute atomic E-state index is 0.0558. The number of anilines is 1. The van der Waals surface area contributed by atoms with Crippen LogP contribution in [0.1, 0.15) is 24.4 Å². The molecule has 5 heteroatoms. The zero-order chi connectivity index (χ0) is 16.2. The number of fused-ring (bicyclic) bond motifs is 1. The van der Waals surface area contributed by atoms with E-state index in [4.69, 9.17) is 10.5 Å². The average molecular weight is 314 g/mol. The van der Waals surface area contributed by atoms with Crippen molar-refractivity contribution >= 4 is 11.6 Å². The first-order valence-electron chi connectivity index (χ1n) is 7.68. The first kappa shape index (κ1) is 15.5. The fourth-order valence-electron chi connectivity index (χ4n) is 2.71. The number of carbonyl (C=O) groups excluding carboxylic acids is 1. The van der Waals surface area contributed by atoms with Crippen LogP contribution in [0.25, 0.3) is 0 Å². The van der Waals surface area contributed by atoms with Crippen molar-refractivity contribution in [1.29, 1.82) is 0 Å². The van der Waals surface area contributed by atoms with E-state index in [9.17, 15) is 9.18 Å². The van der Waals surface area contributed by atoms with Crippen molar-refractivity contribution in [2.24, 2.45) is 5.73 Å². The van der Waals surface area contributed by atoms with Crippen LogP contribution in [0.5, 0.6) is 5.75 Å². The lowest BCUT2D eigenvalue weighted by Gasteiger charge is -2.23. The Balaban J connectivity index is 1.76. The number of nitrogens with two attached hydrogens (primary N) is 1. The second kappa shape index (κ2) is 6.79. The van der Waals surface area contributed by atoms with E-state index in [1.807, 2.05) is 24.3 Å². The van der Waals surface area contributed by atoms with Gasteiger partial charge < -0.3 is 15.4 Å². The van der Waals surface area contributed by atoms with E-state index in [0.29, 0.717) is 18.9 Å². The maximum absolute atomic E-state index is 13.0. The predicted octanol–water partition coefficient (Wildman–Crippen LogP) is 3.03. The Morgan fingerprint density at radius 2 is 1.96 bits per heavy atom. The topological polar surface area (TPSA) is 55.6 Å². The lowest BCUT2D eigenvalue weighted by molar-refractivity contribution is -0.119. The van der Waals surface area contributed by atoms with E-state index in [1.165, 1.54) is 12.1 Å². The highest BCUT2D eigenvalue weighted by atomic mass is 19.1. The molecule has 0 aliphatic carbocycles. The molecule has 0 bridgehead atoms. The van der Waals surface area contributed by atoms with E-state index < -0.39 is 6.04 Å². The summed E-state index contributed by atoms with van der Waals surface area (Å²) in [6.07, 6.45) is 0.937. The van der Waals surface area contributed by atoms with Gasteiger partial charge in [0.25, 0.3) is 0 Å². The summed E-state index contributed by atoms with van der Waals surface area (Å²) >= 11 is 0. The van der Waals surface area contributed by atoms with Crippen LogP contribution in [0, 0.1) is 5.82 Å². The number of ether oxygens (including phenoxy) is 1. The maximum atomic E-state index is 13.0. The van der Waals surface area contributed by atoms with Crippen molar-refractivity contribution in [3.05, 3.63) is 59.9 Å². The third kappa shape index (κ3) is 3.51. The predicted molar refractivity (Wildman–Crippen MR) is 86.9 cm³/mol. The highest BCUT2D eigenvalue weighted by molar-refractivity contribution is 5.95. The number of rotatable bonds is 3. The Hall–Kier alpha value is -2.40. The summed E-state index contributed by atoms with van der Waals surface area (Å²) in [5, 5.41) is 0. The number of hydrogen-bond acceptors (Lipinski definition) is 3. The third-order valence-electron chi connectivity index (χ3n) is 3.93. The highest BCUT2D eigenvalue weighted by Crippen LogP contribution is 2.31. The molecule has 2 aromatic rings. The smallest absolute Gasteiger partial charge is 0.229 e. The Morgan fingerprint density at radius 3 is 2.74 bits per heavy atom. The van der Waals surface area contributed by atoms with Crippen molar-refractivity contribution in [2.75, 3.05) is 18.1 Å². The maximum Gasteiger partial charge on any atom is 0.229 e. The molecule has 0 saturated heterocycles. The van der Waals surface area contributed by atoms with Gasteiger partial charge in [0.2, 0.25) is 5.91 Å². The second-order valence-electron chi connectivity index (χ2n) is 5.58.